The summed E-state index contributed by atoms with van der Waals surface area (Å²) in [5.74, 6) is 1.49. The van der Waals surface area contributed by atoms with Crippen LogP contribution in [0.25, 0.3) is 0 Å². The fourth-order valence-electron chi connectivity index (χ4n) is 2.92. The SMILES string of the molecule is CCOCC(=O)N1CCCC(c2nc(C(C)C)no2)CCNC(=O)CC1. The molecule has 8 nitrogen and oxygen atoms in total. The normalized spacial score (nSPS) is 19.9. The molecule has 2 amide bonds. The van der Waals surface area contributed by atoms with E-state index in [4.69, 9.17) is 9.26 Å². The molecular weight excluding hydrogens is 336 g/mol. The van der Waals surface area contributed by atoms with Crippen LogP contribution in [0.4, 0.5) is 0 Å². The highest BCUT2D eigenvalue weighted by Crippen LogP contribution is 2.25. The van der Waals surface area contributed by atoms with E-state index in [0.29, 0.717) is 44.4 Å². The Bertz CT molecular complexity index is 588. The van der Waals surface area contributed by atoms with Gasteiger partial charge in [-0.25, -0.2) is 0 Å². The Morgan fingerprint density at radius 2 is 2.19 bits per heavy atom. The highest BCUT2D eigenvalue weighted by molar-refractivity contribution is 5.79. The minimum Gasteiger partial charge on any atom is -0.372 e. The lowest BCUT2D eigenvalue weighted by Crippen LogP contribution is -2.37. The van der Waals surface area contributed by atoms with Crippen molar-refractivity contribution in [2.24, 2.45) is 0 Å². The predicted octanol–water partition coefficient (Wildman–Crippen LogP) is 1.83. The number of hydrogen-bond donors (Lipinski definition) is 1. The molecule has 2 heterocycles. The average molecular weight is 366 g/mol. The highest BCUT2D eigenvalue weighted by atomic mass is 16.5. The number of aromatic nitrogens is 2. The topological polar surface area (TPSA) is 97.6 Å². The highest BCUT2D eigenvalue weighted by Gasteiger charge is 2.23. The summed E-state index contributed by atoms with van der Waals surface area (Å²) >= 11 is 0. The van der Waals surface area contributed by atoms with Crippen LogP contribution in [0.1, 0.15) is 70.0 Å². The molecule has 1 N–H and O–H groups in total. The minimum absolute atomic E-state index is 0.0479. The van der Waals surface area contributed by atoms with E-state index >= 15 is 0 Å². The fraction of sp³-hybridized carbons (Fsp3) is 0.778. The van der Waals surface area contributed by atoms with Crippen molar-refractivity contribution < 1.29 is 18.8 Å². The number of carbonyl (C=O) groups excluding carboxylic acids is 2. The maximum Gasteiger partial charge on any atom is 0.248 e. The number of rotatable bonds is 5. The van der Waals surface area contributed by atoms with Gasteiger partial charge in [0.25, 0.3) is 0 Å². The van der Waals surface area contributed by atoms with Gasteiger partial charge in [0.15, 0.2) is 5.82 Å². The number of carbonyl (C=O) groups is 2. The Labute approximate surface area is 154 Å². The molecule has 1 atom stereocenters. The van der Waals surface area contributed by atoms with Gasteiger partial charge < -0.3 is 19.5 Å². The molecule has 0 aliphatic carbocycles. The number of amides is 2. The molecule has 1 aliphatic heterocycles. The first-order valence-electron chi connectivity index (χ1n) is 9.47. The van der Waals surface area contributed by atoms with Gasteiger partial charge in [0.05, 0.1) is 0 Å². The maximum absolute atomic E-state index is 12.3. The van der Waals surface area contributed by atoms with Crippen molar-refractivity contribution in [3.63, 3.8) is 0 Å². The van der Waals surface area contributed by atoms with Crippen molar-refractivity contribution in [1.29, 1.82) is 0 Å². The minimum atomic E-state index is -0.0738. The summed E-state index contributed by atoms with van der Waals surface area (Å²) in [7, 11) is 0. The summed E-state index contributed by atoms with van der Waals surface area (Å²) in [6.45, 7) is 8.04. The van der Waals surface area contributed by atoms with Gasteiger partial charge in [-0.15, -0.1) is 0 Å². The van der Waals surface area contributed by atoms with Crippen LogP contribution in [0.15, 0.2) is 4.52 Å². The first-order valence-corrected chi connectivity index (χ1v) is 9.47. The summed E-state index contributed by atoms with van der Waals surface area (Å²) in [6, 6.07) is 0. The molecule has 0 spiro atoms. The Morgan fingerprint density at radius 3 is 2.88 bits per heavy atom. The largest absolute Gasteiger partial charge is 0.372 e. The molecule has 0 radical (unpaired) electrons. The molecule has 1 aromatic heterocycles. The quantitative estimate of drug-likeness (QED) is 0.854. The van der Waals surface area contributed by atoms with Crippen LogP contribution in [-0.2, 0) is 14.3 Å². The van der Waals surface area contributed by atoms with Crippen LogP contribution in [0, 0.1) is 0 Å². The maximum atomic E-state index is 12.3. The number of nitrogens with one attached hydrogen (secondary N) is 1. The lowest BCUT2D eigenvalue weighted by molar-refractivity contribution is -0.136. The second-order valence-corrected chi connectivity index (χ2v) is 6.89. The van der Waals surface area contributed by atoms with E-state index in [1.54, 1.807) is 4.90 Å². The first kappa shape index (κ1) is 20.4. The van der Waals surface area contributed by atoms with Crippen molar-refractivity contribution in [3.05, 3.63) is 11.7 Å². The van der Waals surface area contributed by atoms with E-state index in [2.05, 4.69) is 15.5 Å². The Balaban J connectivity index is 2.03. The molecule has 1 unspecified atom stereocenters. The van der Waals surface area contributed by atoms with Gasteiger partial charge in [0.1, 0.15) is 6.61 Å². The van der Waals surface area contributed by atoms with Crippen LogP contribution in [0.2, 0.25) is 0 Å². The van der Waals surface area contributed by atoms with Crippen LogP contribution in [-0.4, -0.2) is 59.7 Å². The molecule has 1 fully saturated rings. The van der Waals surface area contributed by atoms with E-state index in [1.807, 2.05) is 20.8 Å². The zero-order valence-corrected chi connectivity index (χ0v) is 16.0. The molecule has 0 saturated carbocycles. The summed E-state index contributed by atoms with van der Waals surface area (Å²) in [5.41, 5.74) is 0. The third kappa shape index (κ3) is 6.09. The van der Waals surface area contributed by atoms with Crippen LogP contribution >= 0.6 is 0 Å². The fourth-order valence-corrected chi connectivity index (χ4v) is 2.92. The van der Waals surface area contributed by atoms with Gasteiger partial charge in [0.2, 0.25) is 17.7 Å². The van der Waals surface area contributed by atoms with Gasteiger partial charge >= 0.3 is 0 Å². The average Bonchev–Trinajstić information content (AvgIpc) is 3.09. The second kappa shape index (κ2) is 10.3. The predicted molar refractivity (Wildman–Crippen MR) is 95.7 cm³/mol. The van der Waals surface area contributed by atoms with Crippen molar-refractivity contribution in [3.8, 4) is 0 Å². The van der Waals surface area contributed by atoms with Crippen LogP contribution < -0.4 is 5.32 Å². The Morgan fingerprint density at radius 1 is 1.38 bits per heavy atom. The second-order valence-electron chi connectivity index (χ2n) is 6.89. The Kier molecular flexibility index (Phi) is 8.03. The van der Waals surface area contributed by atoms with Crippen LogP contribution in [0.5, 0.6) is 0 Å². The molecule has 26 heavy (non-hydrogen) atoms. The smallest absolute Gasteiger partial charge is 0.248 e. The van der Waals surface area contributed by atoms with Crippen molar-refractivity contribution in [1.82, 2.24) is 20.4 Å². The molecule has 0 bridgehead atoms. The number of nitrogens with zero attached hydrogens (tertiary/aromatic N) is 3. The summed E-state index contributed by atoms with van der Waals surface area (Å²) in [5, 5.41) is 6.96. The standard InChI is InChI=1S/C18H30N4O4/c1-4-25-12-16(24)22-10-5-6-14(7-9-19-15(23)8-11-22)18-20-17(13(2)3)21-26-18/h13-14H,4-12H2,1-3H3,(H,19,23). The molecular formula is C18H30N4O4. The molecule has 1 aliphatic rings. The lowest BCUT2D eigenvalue weighted by Gasteiger charge is -2.22. The monoisotopic (exact) mass is 366 g/mol. The molecule has 2 rings (SSSR count). The summed E-state index contributed by atoms with van der Waals surface area (Å²) < 4.78 is 10.7. The Hall–Kier alpha value is -1.96. The van der Waals surface area contributed by atoms with Crippen molar-refractivity contribution in [2.75, 3.05) is 32.8 Å². The van der Waals surface area contributed by atoms with Gasteiger partial charge in [-0.05, 0) is 26.2 Å². The molecule has 0 aromatic carbocycles. The molecule has 1 aromatic rings. The third-order valence-corrected chi connectivity index (χ3v) is 4.51. The van der Waals surface area contributed by atoms with Gasteiger partial charge in [-0.1, -0.05) is 19.0 Å². The van der Waals surface area contributed by atoms with Gasteiger partial charge in [-0.2, -0.15) is 4.98 Å². The molecule has 8 heteroatoms. The van der Waals surface area contributed by atoms with E-state index in [-0.39, 0.29) is 30.3 Å². The lowest BCUT2D eigenvalue weighted by atomic mass is 9.99. The molecule has 1 saturated heterocycles. The number of hydrogen-bond acceptors (Lipinski definition) is 6. The molecule has 146 valence electrons. The zero-order chi connectivity index (χ0) is 18.9. The van der Waals surface area contributed by atoms with Crippen molar-refractivity contribution >= 4 is 11.8 Å². The van der Waals surface area contributed by atoms with E-state index < -0.39 is 0 Å². The first-order chi connectivity index (χ1) is 12.5. The zero-order valence-electron chi connectivity index (χ0n) is 16.0. The van der Waals surface area contributed by atoms with Gasteiger partial charge in [0, 0.05) is 44.5 Å². The van der Waals surface area contributed by atoms with E-state index in [1.165, 1.54) is 0 Å². The summed E-state index contributed by atoms with van der Waals surface area (Å²) in [4.78, 5) is 30.5. The van der Waals surface area contributed by atoms with E-state index in [0.717, 1.165) is 19.3 Å². The van der Waals surface area contributed by atoms with Crippen molar-refractivity contribution in [2.45, 2.75) is 58.3 Å². The third-order valence-electron chi connectivity index (χ3n) is 4.51. The number of ether oxygens (including phenoxy) is 1. The van der Waals surface area contributed by atoms with Crippen LogP contribution in [0.3, 0.4) is 0 Å². The summed E-state index contributed by atoms with van der Waals surface area (Å²) in [6.07, 6.45) is 2.70. The van der Waals surface area contributed by atoms with Gasteiger partial charge in [-0.3, -0.25) is 9.59 Å². The van der Waals surface area contributed by atoms with E-state index in [9.17, 15) is 9.59 Å².